The van der Waals surface area contributed by atoms with E-state index in [0.29, 0.717) is 18.0 Å². The molecular formula is C23H21N3O2S. The lowest BCUT2D eigenvalue weighted by atomic mass is 10.0. The Morgan fingerprint density at radius 2 is 2.00 bits per heavy atom. The first-order valence-electron chi connectivity index (χ1n) is 9.72. The van der Waals surface area contributed by atoms with E-state index in [4.69, 9.17) is 4.74 Å². The molecule has 5 nitrogen and oxygen atoms in total. The van der Waals surface area contributed by atoms with E-state index in [1.807, 2.05) is 60.1 Å². The van der Waals surface area contributed by atoms with Crippen molar-refractivity contribution in [2.24, 2.45) is 0 Å². The summed E-state index contributed by atoms with van der Waals surface area (Å²) in [6.45, 7) is 3.30. The van der Waals surface area contributed by atoms with Gasteiger partial charge in [-0.1, -0.05) is 48.5 Å². The third-order valence-electron chi connectivity index (χ3n) is 5.27. The van der Waals surface area contributed by atoms with Crippen LogP contribution in [0.3, 0.4) is 0 Å². The fourth-order valence-electron chi connectivity index (χ4n) is 3.81. The number of rotatable bonds is 4. The molecule has 0 unspecified atom stereocenters. The highest BCUT2D eigenvalue weighted by Crippen LogP contribution is 2.33. The van der Waals surface area contributed by atoms with Gasteiger partial charge in [0.05, 0.1) is 29.8 Å². The number of fused-ring (bicyclic) bond motifs is 2. The minimum atomic E-state index is -0.0430. The molecule has 1 amide bonds. The van der Waals surface area contributed by atoms with Crippen molar-refractivity contribution in [3.05, 3.63) is 82.4 Å². The molecule has 0 bridgehead atoms. The van der Waals surface area contributed by atoms with Crippen molar-refractivity contribution in [2.75, 3.05) is 6.61 Å². The Hall–Kier alpha value is -3.12. The Labute approximate surface area is 172 Å². The molecule has 0 saturated carbocycles. The highest BCUT2D eigenvalue weighted by molar-refractivity contribution is 7.20. The summed E-state index contributed by atoms with van der Waals surface area (Å²) in [6.07, 6.45) is 0.772. The van der Waals surface area contributed by atoms with Crippen molar-refractivity contribution < 1.29 is 9.53 Å². The van der Waals surface area contributed by atoms with Crippen LogP contribution >= 0.6 is 11.3 Å². The molecule has 1 atom stereocenters. The molecule has 1 N–H and O–H groups in total. The van der Waals surface area contributed by atoms with Gasteiger partial charge in [0.2, 0.25) is 0 Å². The molecule has 6 heteroatoms. The monoisotopic (exact) mass is 403 g/mol. The van der Waals surface area contributed by atoms with Crippen LogP contribution in [-0.4, -0.2) is 22.3 Å². The summed E-state index contributed by atoms with van der Waals surface area (Å²) in [5.41, 5.74) is 3.18. The maximum atomic E-state index is 13.0. The van der Waals surface area contributed by atoms with E-state index in [0.717, 1.165) is 33.6 Å². The molecule has 1 aliphatic rings. The van der Waals surface area contributed by atoms with Crippen LogP contribution in [0.1, 0.15) is 39.0 Å². The quantitative estimate of drug-likeness (QED) is 0.537. The zero-order chi connectivity index (χ0) is 19.8. The molecule has 0 aliphatic carbocycles. The summed E-state index contributed by atoms with van der Waals surface area (Å²) in [7, 11) is 0. The number of amides is 1. The summed E-state index contributed by atoms with van der Waals surface area (Å²) in [5.74, 6) is 0.813. The summed E-state index contributed by atoms with van der Waals surface area (Å²) in [4.78, 5) is 14.7. The molecule has 1 aliphatic heterocycles. The lowest BCUT2D eigenvalue weighted by Crippen LogP contribution is -2.31. The molecule has 146 valence electrons. The van der Waals surface area contributed by atoms with Gasteiger partial charge in [-0.2, -0.15) is 5.10 Å². The molecule has 3 heterocycles. The molecule has 0 saturated heterocycles. The second kappa shape index (κ2) is 7.37. The number of ether oxygens (including phenoxy) is 1. The van der Waals surface area contributed by atoms with Gasteiger partial charge in [-0.3, -0.25) is 9.48 Å². The zero-order valence-corrected chi connectivity index (χ0v) is 16.9. The maximum Gasteiger partial charge on any atom is 0.261 e. The molecule has 0 spiro atoms. The second-order valence-electron chi connectivity index (χ2n) is 7.26. The van der Waals surface area contributed by atoms with Gasteiger partial charge in [-0.05, 0) is 24.6 Å². The third-order valence-corrected chi connectivity index (χ3v) is 6.42. The first-order valence-corrected chi connectivity index (χ1v) is 10.5. The Kier molecular flexibility index (Phi) is 4.56. The van der Waals surface area contributed by atoms with Crippen LogP contribution in [0.5, 0.6) is 5.75 Å². The molecule has 2 aromatic heterocycles. The average Bonchev–Trinajstić information content (AvgIpc) is 3.31. The van der Waals surface area contributed by atoms with Crippen molar-refractivity contribution in [1.82, 2.24) is 15.1 Å². The van der Waals surface area contributed by atoms with Crippen LogP contribution < -0.4 is 10.1 Å². The molecular weight excluding hydrogens is 382 g/mol. The Balaban J connectivity index is 1.41. The van der Waals surface area contributed by atoms with E-state index in [1.54, 1.807) is 0 Å². The van der Waals surface area contributed by atoms with Gasteiger partial charge in [0.15, 0.2) is 0 Å². The number of thiophene rings is 1. The van der Waals surface area contributed by atoms with Crippen molar-refractivity contribution in [1.29, 1.82) is 0 Å². The summed E-state index contributed by atoms with van der Waals surface area (Å²) in [5, 5.41) is 8.91. The predicted octanol–water partition coefficient (Wildman–Crippen LogP) is 4.71. The van der Waals surface area contributed by atoms with Crippen LogP contribution in [0.15, 0.2) is 60.7 Å². The second-order valence-corrected chi connectivity index (χ2v) is 8.29. The van der Waals surface area contributed by atoms with E-state index in [1.165, 1.54) is 16.9 Å². The largest absolute Gasteiger partial charge is 0.493 e. The lowest BCUT2D eigenvalue weighted by molar-refractivity contribution is 0.0929. The number of nitrogens with one attached hydrogen (secondary N) is 1. The number of benzene rings is 2. The number of aryl methyl sites for hydroxylation is 1. The van der Waals surface area contributed by atoms with Gasteiger partial charge < -0.3 is 10.1 Å². The minimum absolute atomic E-state index is 0.0282. The fraction of sp³-hybridized carbons (Fsp3) is 0.217. The van der Waals surface area contributed by atoms with E-state index in [2.05, 4.69) is 22.5 Å². The predicted molar refractivity (Wildman–Crippen MR) is 115 cm³/mol. The Morgan fingerprint density at radius 3 is 2.86 bits per heavy atom. The highest BCUT2D eigenvalue weighted by atomic mass is 32.1. The smallest absolute Gasteiger partial charge is 0.261 e. The molecule has 0 fully saturated rings. The molecule has 4 aromatic rings. The summed E-state index contributed by atoms with van der Waals surface area (Å²) in [6, 6.07) is 20.1. The van der Waals surface area contributed by atoms with Gasteiger partial charge in [0, 0.05) is 17.4 Å². The number of carbonyl (C=O) groups excluding carboxylic acids is 1. The van der Waals surface area contributed by atoms with Gasteiger partial charge in [0.1, 0.15) is 10.6 Å². The van der Waals surface area contributed by atoms with Crippen LogP contribution in [-0.2, 0) is 6.54 Å². The first-order chi connectivity index (χ1) is 14.2. The van der Waals surface area contributed by atoms with Crippen molar-refractivity contribution in [3.63, 3.8) is 0 Å². The SMILES string of the molecule is Cc1nn(Cc2ccccc2)c2sc(C(=O)N[C@H]3CCOc4ccccc43)cc12. The van der Waals surface area contributed by atoms with E-state index >= 15 is 0 Å². The maximum absolute atomic E-state index is 13.0. The van der Waals surface area contributed by atoms with E-state index in [9.17, 15) is 4.79 Å². The van der Waals surface area contributed by atoms with Crippen molar-refractivity contribution >= 4 is 27.5 Å². The van der Waals surface area contributed by atoms with Crippen LogP contribution in [0, 0.1) is 6.92 Å². The molecule has 29 heavy (non-hydrogen) atoms. The number of para-hydroxylation sites is 1. The van der Waals surface area contributed by atoms with Crippen LogP contribution in [0.25, 0.3) is 10.2 Å². The van der Waals surface area contributed by atoms with E-state index < -0.39 is 0 Å². The number of nitrogens with zero attached hydrogens (tertiary/aromatic N) is 2. The minimum Gasteiger partial charge on any atom is -0.493 e. The topological polar surface area (TPSA) is 56.2 Å². The standard InChI is InChI=1S/C23H21N3O2S/c1-15-18-13-21(29-23(18)26(25-15)14-16-7-3-2-4-8-16)22(27)24-19-11-12-28-20-10-6-5-9-17(19)20/h2-10,13,19H,11-12,14H2,1H3,(H,24,27)/t19-/m0/s1. The molecule has 2 aromatic carbocycles. The van der Waals surface area contributed by atoms with Crippen molar-refractivity contribution in [2.45, 2.75) is 25.9 Å². The zero-order valence-electron chi connectivity index (χ0n) is 16.1. The number of hydrogen-bond acceptors (Lipinski definition) is 4. The number of carbonyl (C=O) groups is 1. The van der Waals surface area contributed by atoms with Crippen LogP contribution in [0.2, 0.25) is 0 Å². The lowest BCUT2D eigenvalue weighted by Gasteiger charge is -2.26. The van der Waals surface area contributed by atoms with Crippen molar-refractivity contribution in [3.8, 4) is 5.75 Å². The van der Waals surface area contributed by atoms with E-state index in [-0.39, 0.29) is 11.9 Å². The highest BCUT2D eigenvalue weighted by Gasteiger charge is 2.24. The third kappa shape index (κ3) is 3.40. The van der Waals surface area contributed by atoms with Gasteiger partial charge >= 0.3 is 0 Å². The fourth-order valence-corrected chi connectivity index (χ4v) is 4.87. The van der Waals surface area contributed by atoms with Gasteiger partial charge in [-0.25, -0.2) is 0 Å². The van der Waals surface area contributed by atoms with Crippen LogP contribution in [0.4, 0.5) is 0 Å². The van der Waals surface area contributed by atoms with Gasteiger partial charge in [0.25, 0.3) is 5.91 Å². The first kappa shape index (κ1) is 17.9. The summed E-state index contributed by atoms with van der Waals surface area (Å²) >= 11 is 1.50. The molecule has 0 radical (unpaired) electrons. The number of hydrogen-bond donors (Lipinski definition) is 1. The number of aromatic nitrogens is 2. The van der Waals surface area contributed by atoms with Gasteiger partial charge in [-0.15, -0.1) is 11.3 Å². The Bertz CT molecular complexity index is 1180. The average molecular weight is 404 g/mol. The summed E-state index contributed by atoms with van der Waals surface area (Å²) < 4.78 is 7.70. The Morgan fingerprint density at radius 1 is 1.21 bits per heavy atom. The normalized spacial score (nSPS) is 15.7. The molecule has 5 rings (SSSR count).